The van der Waals surface area contributed by atoms with Gasteiger partial charge in [0, 0.05) is 0 Å². The zero-order valence-electron chi connectivity index (χ0n) is 6.59. The minimum Gasteiger partial charge on any atom is -0.369 e. The molecule has 0 bridgehead atoms. The molecular weight excluding hydrogens is 156 g/mol. The maximum absolute atomic E-state index is 11.1. The van der Waals surface area contributed by atoms with Crippen LogP contribution in [0.15, 0.2) is 4.79 Å². The lowest BCUT2D eigenvalue weighted by atomic mass is 10.2. The number of hydrogen-bond donors (Lipinski definition) is 2. The van der Waals surface area contributed by atoms with Crippen molar-refractivity contribution in [3.05, 3.63) is 21.6 Å². The lowest BCUT2D eigenvalue weighted by Crippen LogP contribution is -2.17. The predicted octanol–water partition coefficient (Wildman–Crippen LogP) is -0.273. The number of aromatic nitrogens is 2. The Hall–Kier alpha value is -1.83. The molecule has 0 spiro atoms. The molecule has 1 heterocycles. The number of aromatic amines is 1. The molecule has 1 aromatic heterocycles. The molecule has 0 radical (unpaired) electrons. The number of anilines is 1. The Bertz CT molecular complexity index is 387. The van der Waals surface area contributed by atoms with Crippen molar-refractivity contribution in [2.75, 3.05) is 5.73 Å². The van der Waals surface area contributed by atoms with Gasteiger partial charge in [0.25, 0.3) is 5.56 Å². The van der Waals surface area contributed by atoms with Crippen LogP contribution in [0.5, 0.6) is 0 Å². The van der Waals surface area contributed by atoms with Gasteiger partial charge in [-0.05, 0) is 6.92 Å². The van der Waals surface area contributed by atoms with Crippen LogP contribution in [0.4, 0.5) is 5.95 Å². The minimum absolute atomic E-state index is 0.0639. The first-order valence-corrected chi connectivity index (χ1v) is 3.37. The maximum atomic E-state index is 11.1. The number of nitrogens with two attached hydrogens (primary N) is 1. The van der Waals surface area contributed by atoms with Crippen LogP contribution >= 0.6 is 0 Å². The van der Waals surface area contributed by atoms with Crippen LogP contribution in [-0.4, -0.2) is 9.97 Å². The monoisotopic (exact) mass is 164 g/mol. The molecule has 0 aliphatic rings. The molecule has 0 atom stereocenters. The smallest absolute Gasteiger partial charge is 0.256 e. The van der Waals surface area contributed by atoms with Gasteiger partial charge in [0.15, 0.2) is 0 Å². The first kappa shape index (κ1) is 8.27. The second-order valence-electron chi connectivity index (χ2n) is 2.35. The highest BCUT2D eigenvalue weighted by molar-refractivity contribution is 5.26. The molecule has 1 aromatic rings. The molecule has 0 aliphatic carbocycles. The van der Waals surface area contributed by atoms with Crippen LogP contribution < -0.4 is 11.3 Å². The highest BCUT2D eigenvalue weighted by Crippen LogP contribution is 1.99. The van der Waals surface area contributed by atoms with Crippen molar-refractivity contribution in [2.24, 2.45) is 0 Å². The molecule has 0 aliphatic heterocycles. The molecule has 12 heavy (non-hydrogen) atoms. The molecule has 1 rings (SSSR count). The normalized spacial score (nSPS) is 9.33. The first-order valence-electron chi connectivity index (χ1n) is 3.37. The zero-order valence-corrected chi connectivity index (χ0v) is 6.59. The van der Waals surface area contributed by atoms with Gasteiger partial charge in [0.1, 0.15) is 0 Å². The summed E-state index contributed by atoms with van der Waals surface area (Å²) in [5.74, 6) is 0.0826. The Balaban J connectivity index is 3.31. The predicted molar refractivity (Wildman–Crippen MR) is 43.3 cm³/mol. The number of nitrogens with one attached hydrogen (secondary N) is 1. The summed E-state index contributed by atoms with van der Waals surface area (Å²) in [4.78, 5) is 17.3. The van der Waals surface area contributed by atoms with Crippen LogP contribution in [0.25, 0.3) is 0 Å². The van der Waals surface area contributed by atoms with E-state index in [1.54, 1.807) is 6.92 Å². The van der Waals surface area contributed by atoms with E-state index < -0.39 is 0 Å². The third-order valence-corrected chi connectivity index (χ3v) is 1.50. The molecule has 0 saturated heterocycles. The molecule has 0 unspecified atom stereocenters. The lowest BCUT2D eigenvalue weighted by Gasteiger charge is -1.99. The quantitative estimate of drug-likeness (QED) is 0.597. The summed E-state index contributed by atoms with van der Waals surface area (Å²) in [5.41, 5.74) is 5.84. The van der Waals surface area contributed by atoms with Gasteiger partial charge in [-0.25, -0.2) is 4.98 Å². The standard InChI is InChI=1S/C7H8N4O/c1-4-5(2-3-8)6(12)11-7(9)10-4/h2H2,1H3,(H3,9,10,11,12). The van der Waals surface area contributed by atoms with Gasteiger partial charge >= 0.3 is 0 Å². The van der Waals surface area contributed by atoms with Crippen molar-refractivity contribution in [3.8, 4) is 6.07 Å². The maximum Gasteiger partial charge on any atom is 0.256 e. The van der Waals surface area contributed by atoms with E-state index in [1.165, 1.54) is 0 Å². The molecular formula is C7H8N4O. The fraction of sp³-hybridized carbons (Fsp3) is 0.286. The van der Waals surface area contributed by atoms with E-state index in [4.69, 9.17) is 11.0 Å². The summed E-state index contributed by atoms with van der Waals surface area (Å²) in [6.45, 7) is 1.65. The first-order chi connectivity index (χ1) is 5.65. The summed E-state index contributed by atoms with van der Waals surface area (Å²) in [7, 11) is 0. The van der Waals surface area contributed by atoms with E-state index in [1.807, 2.05) is 6.07 Å². The number of hydrogen-bond acceptors (Lipinski definition) is 4. The van der Waals surface area contributed by atoms with E-state index in [9.17, 15) is 4.79 Å². The third kappa shape index (κ3) is 1.42. The molecule has 0 aromatic carbocycles. The Morgan fingerprint density at radius 1 is 1.75 bits per heavy atom. The highest BCUT2D eigenvalue weighted by atomic mass is 16.1. The van der Waals surface area contributed by atoms with E-state index in [2.05, 4.69) is 9.97 Å². The fourth-order valence-corrected chi connectivity index (χ4v) is 0.919. The van der Waals surface area contributed by atoms with Crippen molar-refractivity contribution in [2.45, 2.75) is 13.3 Å². The number of rotatable bonds is 1. The van der Waals surface area contributed by atoms with Crippen molar-refractivity contribution >= 4 is 5.95 Å². The fourth-order valence-electron chi connectivity index (χ4n) is 0.919. The van der Waals surface area contributed by atoms with Crippen LogP contribution in [0.2, 0.25) is 0 Å². The van der Waals surface area contributed by atoms with Gasteiger partial charge < -0.3 is 5.73 Å². The van der Waals surface area contributed by atoms with Crippen LogP contribution in [0, 0.1) is 18.3 Å². The Morgan fingerprint density at radius 2 is 2.42 bits per heavy atom. The number of nitrogen functional groups attached to an aromatic ring is 1. The summed E-state index contributed by atoms with van der Waals surface area (Å²) in [6.07, 6.45) is 0.0639. The zero-order chi connectivity index (χ0) is 9.14. The second kappa shape index (κ2) is 3.05. The highest BCUT2D eigenvalue weighted by Gasteiger charge is 2.04. The van der Waals surface area contributed by atoms with Gasteiger partial charge in [-0.1, -0.05) is 0 Å². The Kier molecular flexibility index (Phi) is 2.10. The summed E-state index contributed by atoms with van der Waals surface area (Å²) in [6, 6.07) is 1.88. The van der Waals surface area contributed by atoms with E-state index in [-0.39, 0.29) is 17.9 Å². The summed E-state index contributed by atoms with van der Waals surface area (Å²) < 4.78 is 0. The Morgan fingerprint density at radius 3 is 2.92 bits per heavy atom. The van der Waals surface area contributed by atoms with Crippen molar-refractivity contribution in [1.29, 1.82) is 5.26 Å². The van der Waals surface area contributed by atoms with Gasteiger partial charge in [0.2, 0.25) is 5.95 Å². The molecule has 0 amide bonds. The van der Waals surface area contributed by atoms with E-state index in [0.29, 0.717) is 11.3 Å². The average molecular weight is 164 g/mol. The lowest BCUT2D eigenvalue weighted by molar-refractivity contribution is 1.01. The van der Waals surface area contributed by atoms with Gasteiger partial charge in [0.05, 0.1) is 23.7 Å². The molecule has 62 valence electrons. The second-order valence-corrected chi connectivity index (χ2v) is 2.35. The number of aryl methyl sites for hydroxylation is 1. The largest absolute Gasteiger partial charge is 0.369 e. The SMILES string of the molecule is Cc1nc(N)[nH]c(=O)c1CC#N. The number of H-pyrrole nitrogens is 1. The number of nitrogens with zero attached hydrogens (tertiary/aromatic N) is 2. The van der Waals surface area contributed by atoms with Gasteiger partial charge in [-0.2, -0.15) is 5.26 Å². The average Bonchev–Trinajstić information content (AvgIpc) is 1.96. The van der Waals surface area contributed by atoms with Crippen LogP contribution in [-0.2, 0) is 6.42 Å². The van der Waals surface area contributed by atoms with E-state index >= 15 is 0 Å². The van der Waals surface area contributed by atoms with Crippen molar-refractivity contribution in [1.82, 2.24) is 9.97 Å². The molecule has 5 nitrogen and oxygen atoms in total. The van der Waals surface area contributed by atoms with E-state index in [0.717, 1.165) is 0 Å². The minimum atomic E-state index is -0.332. The van der Waals surface area contributed by atoms with Gasteiger partial charge in [-0.15, -0.1) is 0 Å². The van der Waals surface area contributed by atoms with Crippen LogP contribution in [0.3, 0.4) is 0 Å². The Labute approximate surface area is 68.9 Å². The van der Waals surface area contributed by atoms with Crippen LogP contribution in [0.1, 0.15) is 11.3 Å². The summed E-state index contributed by atoms with van der Waals surface area (Å²) >= 11 is 0. The topological polar surface area (TPSA) is 95.6 Å². The van der Waals surface area contributed by atoms with Gasteiger partial charge in [-0.3, -0.25) is 9.78 Å². The summed E-state index contributed by atoms with van der Waals surface area (Å²) in [5, 5.41) is 8.38. The molecule has 5 heteroatoms. The third-order valence-electron chi connectivity index (χ3n) is 1.50. The van der Waals surface area contributed by atoms with Crippen molar-refractivity contribution in [3.63, 3.8) is 0 Å². The molecule has 3 N–H and O–H groups in total. The number of nitriles is 1. The molecule has 0 fully saturated rings. The molecule has 0 saturated carbocycles. The van der Waals surface area contributed by atoms with Crippen molar-refractivity contribution < 1.29 is 0 Å².